The second-order valence-electron chi connectivity index (χ2n) is 4.69. The van der Waals surface area contributed by atoms with E-state index in [2.05, 4.69) is 4.90 Å². The number of phenolic OH excluding ortho intramolecular Hbond substituents is 1. The van der Waals surface area contributed by atoms with Gasteiger partial charge in [-0.15, -0.1) is 0 Å². The molecule has 17 heavy (non-hydrogen) atoms. The van der Waals surface area contributed by atoms with Crippen LogP contribution in [0.4, 0.5) is 0 Å². The average molecular weight is 255 g/mol. The third-order valence-electron chi connectivity index (χ3n) is 3.52. The smallest absolute Gasteiger partial charge is 0.121 e. The zero-order chi connectivity index (χ0) is 12.3. The summed E-state index contributed by atoms with van der Waals surface area (Å²) in [5.41, 5.74) is 6.50. The van der Waals surface area contributed by atoms with Gasteiger partial charge in [-0.2, -0.15) is 0 Å². The van der Waals surface area contributed by atoms with Crippen LogP contribution in [-0.4, -0.2) is 29.6 Å². The molecule has 0 aromatic heterocycles. The predicted octanol–water partition coefficient (Wildman–Crippen LogP) is 2.22. The number of phenols is 1. The fourth-order valence-electron chi connectivity index (χ4n) is 2.31. The van der Waals surface area contributed by atoms with Crippen molar-refractivity contribution in [3.05, 3.63) is 28.8 Å². The predicted molar refractivity (Wildman–Crippen MR) is 70.2 cm³/mol. The van der Waals surface area contributed by atoms with Gasteiger partial charge in [0.15, 0.2) is 0 Å². The molecular weight excluding hydrogens is 236 g/mol. The van der Waals surface area contributed by atoms with E-state index in [0.29, 0.717) is 16.7 Å². The molecule has 0 saturated carbocycles. The van der Waals surface area contributed by atoms with Gasteiger partial charge < -0.3 is 10.8 Å². The van der Waals surface area contributed by atoms with Gasteiger partial charge in [-0.05, 0) is 50.5 Å². The number of hydrogen-bond acceptors (Lipinski definition) is 3. The molecule has 0 amide bonds. The van der Waals surface area contributed by atoms with Crippen LogP contribution in [0.25, 0.3) is 0 Å². The Bertz CT molecular complexity index is 355. The van der Waals surface area contributed by atoms with E-state index in [1.807, 2.05) is 6.07 Å². The third kappa shape index (κ3) is 3.12. The van der Waals surface area contributed by atoms with Gasteiger partial charge in [0, 0.05) is 17.1 Å². The van der Waals surface area contributed by atoms with Crippen molar-refractivity contribution in [3.8, 4) is 5.75 Å². The van der Waals surface area contributed by atoms with E-state index in [1.54, 1.807) is 12.1 Å². The summed E-state index contributed by atoms with van der Waals surface area (Å²) in [5, 5.41) is 10.4. The average Bonchev–Trinajstić information content (AvgIpc) is 2.35. The van der Waals surface area contributed by atoms with E-state index in [1.165, 1.54) is 0 Å². The molecule has 0 unspecified atom stereocenters. The lowest BCUT2D eigenvalue weighted by atomic mass is 9.97. The first kappa shape index (κ1) is 12.7. The first-order valence-corrected chi connectivity index (χ1v) is 6.47. The number of likely N-dealkylation sites (tertiary alicyclic amines) is 1. The molecule has 1 aliphatic heterocycles. The molecule has 1 fully saturated rings. The lowest BCUT2D eigenvalue weighted by Crippen LogP contribution is -2.35. The zero-order valence-corrected chi connectivity index (χ0v) is 10.7. The minimum atomic E-state index is 0.290. The fraction of sp³-hybridized carbons (Fsp3) is 0.538. The number of benzene rings is 1. The number of halogens is 1. The van der Waals surface area contributed by atoms with Gasteiger partial charge in [-0.25, -0.2) is 0 Å². The SMILES string of the molecule is NCC1CCN(Cc2c(O)cccc2Cl)CC1. The van der Waals surface area contributed by atoms with Gasteiger partial charge in [-0.3, -0.25) is 4.90 Å². The highest BCUT2D eigenvalue weighted by Gasteiger charge is 2.19. The van der Waals surface area contributed by atoms with E-state index in [4.69, 9.17) is 17.3 Å². The van der Waals surface area contributed by atoms with Crippen molar-refractivity contribution >= 4 is 11.6 Å². The highest BCUT2D eigenvalue weighted by Crippen LogP contribution is 2.28. The monoisotopic (exact) mass is 254 g/mol. The van der Waals surface area contributed by atoms with Crippen LogP contribution in [0.1, 0.15) is 18.4 Å². The van der Waals surface area contributed by atoms with Crippen molar-refractivity contribution in [2.75, 3.05) is 19.6 Å². The molecule has 1 aromatic rings. The normalized spacial score (nSPS) is 18.5. The number of piperidine rings is 1. The van der Waals surface area contributed by atoms with Crippen LogP contribution in [0.3, 0.4) is 0 Å². The van der Waals surface area contributed by atoms with E-state index >= 15 is 0 Å². The van der Waals surface area contributed by atoms with Crippen LogP contribution in [0.15, 0.2) is 18.2 Å². The number of nitrogens with two attached hydrogens (primary N) is 1. The lowest BCUT2D eigenvalue weighted by molar-refractivity contribution is 0.179. The summed E-state index contributed by atoms with van der Waals surface area (Å²) in [6.45, 7) is 3.58. The highest BCUT2D eigenvalue weighted by atomic mass is 35.5. The van der Waals surface area contributed by atoms with Crippen LogP contribution < -0.4 is 5.73 Å². The lowest BCUT2D eigenvalue weighted by Gasteiger charge is -2.31. The molecule has 0 spiro atoms. The summed E-state index contributed by atoms with van der Waals surface area (Å²) < 4.78 is 0. The van der Waals surface area contributed by atoms with E-state index < -0.39 is 0 Å². The molecule has 0 atom stereocenters. The van der Waals surface area contributed by atoms with Crippen LogP contribution in [0.2, 0.25) is 5.02 Å². The maximum absolute atomic E-state index is 9.79. The maximum atomic E-state index is 9.79. The summed E-state index contributed by atoms with van der Waals surface area (Å²) in [7, 11) is 0. The Kier molecular flexibility index (Phi) is 4.26. The van der Waals surface area contributed by atoms with Crippen LogP contribution in [0.5, 0.6) is 5.75 Å². The van der Waals surface area contributed by atoms with Gasteiger partial charge in [0.25, 0.3) is 0 Å². The van der Waals surface area contributed by atoms with E-state index in [0.717, 1.165) is 44.6 Å². The molecule has 94 valence electrons. The molecule has 1 aromatic carbocycles. The number of hydrogen-bond donors (Lipinski definition) is 2. The first-order valence-electron chi connectivity index (χ1n) is 6.09. The maximum Gasteiger partial charge on any atom is 0.121 e. The molecule has 0 bridgehead atoms. The van der Waals surface area contributed by atoms with E-state index in [9.17, 15) is 5.11 Å². The van der Waals surface area contributed by atoms with Crippen molar-refractivity contribution in [3.63, 3.8) is 0 Å². The van der Waals surface area contributed by atoms with Gasteiger partial charge in [0.05, 0.1) is 0 Å². The number of aromatic hydroxyl groups is 1. The molecular formula is C13H19ClN2O. The second kappa shape index (κ2) is 5.71. The topological polar surface area (TPSA) is 49.5 Å². The molecule has 0 radical (unpaired) electrons. The van der Waals surface area contributed by atoms with Crippen molar-refractivity contribution < 1.29 is 5.11 Å². The number of rotatable bonds is 3. The standard InChI is InChI=1S/C13H19ClN2O/c14-12-2-1-3-13(17)11(12)9-16-6-4-10(8-15)5-7-16/h1-3,10,17H,4-9,15H2. The summed E-state index contributed by atoms with van der Waals surface area (Å²) >= 11 is 6.10. The molecule has 4 heteroatoms. The molecule has 3 nitrogen and oxygen atoms in total. The number of nitrogens with zero attached hydrogens (tertiary/aromatic N) is 1. The van der Waals surface area contributed by atoms with Crippen LogP contribution in [0, 0.1) is 5.92 Å². The highest BCUT2D eigenvalue weighted by molar-refractivity contribution is 6.31. The summed E-state index contributed by atoms with van der Waals surface area (Å²) in [6.07, 6.45) is 2.28. The summed E-state index contributed by atoms with van der Waals surface area (Å²) in [4.78, 5) is 2.33. The molecule has 3 N–H and O–H groups in total. The Morgan fingerprint density at radius 1 is 1.35 bits per heavy atom. The summed E-state index contributed by atoms with van der Waals surface area (Å²) in [6, 6.07) is 5.28. The Morgan fingerprint density at radius 3 is 2.65 bits per heavy atom. The van der Waals surface area contributed by atoms with Crippen molar-refractivity contribution in [1.82, 2.24) is 4.90 Å². The Labute approximate surface area is 107 Å². The Morgan fingerprint density at radius 2 is 2.06 bits per heavy atom. The zero-order valence-electron chi connectivity index (χ0n) is 9.90. The van der Waals surface area contributed by atoms with Crippen molar-refractivity contribution in [1.29, 1.82) is 0 Å². The fourth-order valence-corrected chi connectivity index (χ4v) is 2.54. The van der Waals surface area contributed by atoms with Gasteiger partial charge in [0.1, 0.15) is 5.75 Å². The molecule has 2 rings (SSSR count). The quantitative estimate of drug-likeness (QED) is 0.870. The van der Waals surface area contributed by atoms with Gasteiger partial charge in [-0.1, -0.05) is 17.7 Å². The molecule has 1 heterocycles. The molecule has 1 saturated heterocycles. The van der Waals surface area contributed by atoms with E-state index in [-0.39, 0.29) is 0 Å². The minimum absolute atomic E-state index is 0.290. The van der Waals surface area contributed by atoms with Crippen LogP contribution in [-0.2, 0) is 6.54 Å². The van der Waals surface area contributed by atoms with Gasteiger partial charge in [0.2, 0.25) is 0 Å². The van der Waals surface area contributed by atoms with Crippen LogP contribution >= 0.6 is 11.6 Å². The van der Waals surface area contributed by atoms with Crippen molar-refractivity contribution in [2.24, 2.45) is 11.7 Å². The molecule has 1 aliphatic rings. The van der Waals surface area contributed by atoms with Crippen molar-refractivity contribution in [2.45, 2.75) is 19.4 Å². The summed E-state index contributed by atoms with van der Waals surface area (Å²) in [5.74, 6) is 0.949. The second-order valence-corrected chi connectivity index (χ2v) is 5.10. The van der Waals surface area contributed by atoms with Gasteiger partial charge >= 0.3 is 0 Å². The third-order valence-corrected chi connectivity index (χ3v) is 3.87. The minimum Gasteiger partial charge on any atom is -0.508 e. The largest absolute Gasteiger partial charge is 0.508 e. The first-order chi connectivity index (χ1) is 8.20. The Hall–Kier alpha value is -0.770. The Balaban J connectivity index is 1.98. The molecule has 0 aliphatic carbocycles.